The summed E-state index contributed by atoms with van der Waals surface area (Å²) in [5.41, 5.74) is 3.14. The van der Waals surface area contributed by atoms with Gasteiger partial charge in [0.25, 0.3) is 0 Å². The molecule has 1 aromatic rings. The first-order chi connectivity index (χ1) is 10.3. The molecule has 22 heavy (non-hydrogen) atoms. The van der Waals surface area contributed by atoms with E-state index in [0.717, 1.165) is 25.9 Å². The van der Waals surface area contributed by atoms with Gasteiger partial charge in [0.15, 0.2) is 0 Å². The van der Waals surface area contributed by atoms with Crippen LogP contribution < -0.4 is 0 Å². The molecule has 1 aromatic carbocycles. The molecule has 0 saturated carbocycles. The van der Waals surface area contributed by atoms with E-state index < -0.39 is 0 Å². The minimum absolute atomic E-state index is 0.172. The monoisotopic (exact) mass is 303 g/mol. The van der Waals surface area contributed by atoms with E-state index >= 15 is 0 Å². The van der Waals surface area contributed by atoms with Gasteiger partial charge in [-0.1, -0.05) is 26.8 Å². The number of methoxy groups -OCH3 is 1. The van der Waals surface area contributed by atoms with Gasteiger partial charge < -0.3 is 9.84 Å². The molecule has 3 heteroatoms. The fourth-order valence-corrected chi connectivity index (χ4v) is 4.65. The highest BCUT2D eigenvalue weighted by atomic mass is 16.5. The first-order valence-electron chi connectivity index (χ1n) is 8.39. The Balaban J connectivity index is 2.02. The highest BCUT2D eigenvalue weighted by Crippen LogP contribution is 2.56. The number of benzene rings is 1. The summed E-state index contributed by atoms with van der Waals surface area (Å²) in [6.45, 7) is 11.5. The topological polar surface area (TPSA) is 32.7 Å². The number of nitrogens with zero attached hydrogens (tertiary/aromatic N) is 1. The van der Waals surface area contributed by atoms with Gasteiger partial charge in [-0.15, -0.1) is 0 Å². The standard InChI is InChI=1S/C19H29NO2/c1-13(22-5)12-20-9-8-19(4)16-7-6-15(21)10-14(16)11-17(20)18(19,2)3/h6-7,10,13,17,21H,8-9,11-12H2,1-5H3/t13-,17-,19-/m1/s1. The van der Waals surface area contributed by atoms with E-state index in [1.807, 2.05) is 12.1 Å². The molecule has 2 aliphatic rings. The number of likely N-dealkylation sites (tertiary alicyclic amines) is 1. The Kier molecular flexibility index (Phi) is 3.77. The van der Waals surface area contributed by atoms with Crippen molar-refractivity contribution in [3.8, 4) is 5.75 Å². The zero-order valence-corrected chi connectivity index (χ0v) is 14.5. The molecule has 3 rings (SSSR count). The van der Waals surface area contributed by atoms with Crippen LogP contribution in [0, 0.1) is 5.41 Å². The number of rotatable bonds is 3. The highest BCUT2D eigenvalue weighted by molar-refractivity contribution is 5.45. The van der Waals surface area contributed by atoms with Crippen molar-refractivity contribution < 1.29 is 9.84 Å². The van der Waals surface area contributed by atoms with E-state index in [1.165, 1.54) is 11.1 Å². The molecule has 122 valence electrons. The second kappa shape index (κ2) is 5.24. The molecule has 2 bridgehead atoms. The third-order valence-corrected chi connectivity index (χ3v) is 6.59. The van der Waals surface area contributed by atoms with Gasteiger partial charge in [0.1, 0.15) is 5.75 Å². The van der Waals surface area contributed by atoms with Gasteiger partial charge in [-0.05, 0) is 55.0 Å². The molecule has 0 spiro atoms. The number of phenolic OH excluding ortho intramolecular Hbond substituents is 1. The SMILES string of the molecule is CO[C@H](C)CN1CC[C@]2(C)c3ccc(O)cc3C[C@@H]1C2(C)C. The van der Waals surface area contributed by atoms with Crippen molar-refractivity contribution in [1.29, 1.82) is 0 Å². The molecule has 0 unspecified atom stereocenters. The van der Waals surface area contributed by atoms with E-state index in [9.17, 15) is 5.11 Å². The van der Waals surface area contributed by atoms with E-state index in [1.54, 1.807) is 7.11 Å². The van der Waals surface area contributed by atoms with Gasteiger partial charge in [0.2, 0.25) is 0 Å². The Labute approximate surface area is 134 Å². The fourth-order valence-electron chi connectivity index (χ4n) is 4.65. The molecule has 1 N–H and O–H groups in total. The van der Waals surface area contributed by atoms with Crippen LogP contribution in [-0.2, 0) is 16.6 Å². The summed E-state index contributed by atoms with van der Waals surface area (Å²) in [5, 5.41) is 9.88. The summed E-state index contributed by atoms with van der Waals surface area (Å²) in [6.07, 6.45) is 2.43. The second-order valence-corrected chi connectivity index (χ2v) is 7.91. The van der Waals surface area contributed by atoms with E-state index in [0.29, 0.717) is 11.8 Å². The fraction of sp³-hybridized carbons (Fsp3) is 0.684. The van der Waals surface area contributed by atoms with Crippen LogP contribution in [0.4, 0.5) is 0 Å². The van der Waals surface area contributed by atoms with Crippen LogP contribution >= 0.6 is 0 Å². The molecule has 1 fully saturated rings. The van der Waals surface area contributed by atoms with Crippen molar-refractivity contribution in [3.05, 3.63) is 29.3 Å². The van der Waals surface area contributed by atoms with Crippen molar-refractivity contribution >= 4 is 0 Å². The third kappa shape index (κ3) is 2.17. The zero-order chi connectivity index (χ0) is 16.1. The van der Waals surface area contributed by atoms with Gasteiger partial charge in [-0.3, -0.25) is 4.90 Å². The summed E-state index contributed by atoms with van der Waals surface area (Å²) in [5.74, 6) is 0.386. The molecule has 1 heterocycles. The number of aromatic hydroxyl groups is 1. The Morgan fingerprint density at radius 2 is 2.09 bits per heavy atom. The largest absolute Gasteiger partial charge is 0.508 e. The predicted octanol–water partition coefficient (Wildman–Crippen LogP) is 3.34. The van der Waals surface area contributed by atoms with Crippen LogP contribution in [0.1, 0.15) is 45.2 Å². The Bertz CT molecular complexity index is 569. The van der Waals surface area contributed by atoms with Gasteiger partial charge in [-0.2, -0.15) is 0 Å². The minimum atomic E-state index is 0.172. The number of fused-ring (bicyclic) bond motifs is 4. The van der Waals surface area contributed by atoms with Crippen molar-refractivity contribution in [2.45, 2.75) is 58.1 Å². The molecule has 3 nitrogen and oxygen atoms in total. The summed E-state index contributed by atoms with van der Waals surface area (Å²) in [6, 6.07) is 6.47. The van der Waals surface area contributed by atoms with Crippen LogP contribution in [0.5, 0.6) is 5.75 Å². The molecule has 1 aliphatic carbocycles. The molecule has 0 aromatic heterocycles. The van der Waals surface area contributed by atoms with E-state index in [-0.39, 0.29) is 16.9 Å². The Morgan fingerprint density at radius 1 is 1.36 bits per heavy atom. The van der Waals surface area contributed by atoms with Crippen molar-refractivity contribution in [1.82, 2.24) is 4.90 Å². The molecular formula is C19H29NO2. The first kappa shape index (κ1) is 15.8. The van der Waals surface area contributed by atoms with Crippen LogP contribution in [-0.4, -0.2) is 42.4 Å². The molecule has 1 aliphatic heterocycles. The predicted molar refractivity (Wildman–Crippen MR) is 89.4 cm³/mol. The molecule has 0 amide bonds. The van der Waals surface area contributed by atoms with E-state index in [2.05, 4.69) is 38.7 Å². The average Bonchev–Trinajstić information content (AvgIpc) is 2.45. The van der Waals surface area contributed by atoms with Gasteiger partial charge in [-0.25, -0.2) is 0 Å². The van der Waals surface area contributed by atoms with Gasteiger partial charge in [0, 0.05) is 25.1 Å². The van der Waals surface area contributed by atoms with Crippen molar-refractivity contribution in [2.24, 2.45) is 5.41 Å². The van der Waals surface area contributed by atoms with Crippen molar-refractivity contribution in [2.75, 3.05) is 20.2 Å². The summed E-state index contributed by atoms with van der Waals surface area (Å²) in [7, 11) is 1.79. The lowest BCUT2D eigenvalue weighted by molar-refractivity contribution is -0.0568. The zero-order valence-electron chi connectivity index (χ0n) is 14.5. The summed E-state index contributed by atoms with van der Waals surface area (Å²) in [4.78, 5) is 2.60. The molecule has 3 atom stereocenters. The van der Waals surface area contributed by atoms with Crippen molar-refractivity contribution in [3.63, 3.8) is 0 Å². The van der Waals surface area contributed by atoms with Gasteiger partial charge in [0.05, 0.1) is 6.10 Å². The second-order valence-electron chi connectivity index (χ2n) is 7.91. The minimum Gasteiger partial charge on any atom is -0.508 e. The smallest absolute Gasteiger partial charge is 0.115 e. The summed E-state index contributed by atoms with van der Waals surface area (Å²) >= 11 is 0. The number of hydrogen-bond donors (Lipinski definition) is 1. The number of hydrogen-bond acceptors (Lipinski definition) is 3. The lowest BCUT2D eigenvalue weighted by Gasteiger charge is -2.61. The Morgan fingerprint density at radius 3 is 2.77 bits per heavy atom. The number of phenols is 1. The maximum absolute atomic E-state index is 9.88. The first-order valence-corrected chi connectivity index (χ1v) is 8.39. The maximum atomic E-state index is 9.88. The number of ether oxygens (including phenoxy) is 1. The Hall–Kier alpha value is -1.06. The average molecular weight is 303 g/mol. The van der Waals surface area contributed by atoms with Gasteiger partial charge >= 0.3 is 0 Å². The van der Waals surface area contributed by atoms with Crippen LogP contribution in [0.2, 0.25) is 0 Å². The maximum Gasteiger partial charge on any atom is 0.115 e. The molecule has 0 radical (unpaired) electrons. The lowest BCUT2D eigenvalue weighted by atomic mass is 9.51. The third-order valence-electron chi connectivity index (χ3n) is 6.59. The van der Waals surface area contributed by atoms with Crippen LogP contribution in [0.15, 0.2) is 18.2 Å². The summed E-state index contributed by atoms with van der Waals surface area (Å²) < 4.78 is 5.49. The normalized spacial score (nSPS) is 31.6. The van der Waals surface area contributed by atoms with E-state index in [4.69, 9.17) is 4.74 Å². The molecular weight excluding hydrogens is 274 g/mol. The quantitative estimate of drug-likeness (QED) is 0.929. The highest BCUT2D eigenvalue weighted by Gasteiger charge is 2.55. The van der Waals surface area contributed by atoms with Crippen LogP contribution in [0.3, 0.4) is 0 Å². The number of piperidine rings is 1. The molecule has 1 saturated heterocycles. The van der Waals surface area contributed by atoms with Crippen LogP contribution in [0.25, 0.3) is 0 Å². The lowest BCUT2D eigenvalue weighted by Crippen LogP contribution is -2.64.